The van der Waals surface area contributed by atoms with Gasteiger partial charge in [-0.15, -0.1) is 0 Å². The molecular formula is C15H19N3O3S. The molecule has 5 N–H and O–H groups in total. The minimum Gasteiger partial charge on any atom is -0.368 e. The van der Waals surface area contributed by atoms with Crippen molar-refractivity contribution in [3.05, 3.63) is 42.0 Å². The Morgan fingerprint density at radius 2 is 1.82 bits per heavy atom. The second-order valence-corrected chi connectivity index (χ2v) is 6.76. The van der Waals surface area contributed by atoms with E-state index in [9.17, 15) is 13.2 Å². The summed E-state index contributed by atoms with van der Waals surface area (Å²) >= 11 is 0. The Hall–Kier alpha value is -1.96. The molecule has 2 aromatic rings. The molecule has 0 fully saturated rings. The summed E-state index contributed by atoms with van der Waals surface area (Å²) in [5, 5.41) is 1.45. The third-order valence-electron chi connectivity index (χ3n) is 3.49. The molecule has 0 heterocycles. The van der Waals surface area contributed by atoms with Crippen LogP contribution >= 0.6 is 0 Å². The number of sulfonamides is 1. The fourth-order valence-electron chi connectivity index (χ4n) is 2.33. The van der Waals surface area contributed by atoms with E-state index in [4.69, 9.17) is 11.5 Å². The van der Waals surface area contributed by atoms with Gasteiger partial charge < -0.3 is 11.5 Å². The van der Waals surface area contributed by atoms with E-state index in [-0.39, 0.29) is 17.9 Å². The van der Waals surface area contributed by atoms with E-state index in [0.717, 1.165) is 10.9 Å². The molecule has 6 nitrogen and oxygen atoms in total. The molecule has 0 saturated carbocycles. The molecule has 2 rings (SSSR count). The Labute approximate surface area is 129 Å². The maximum absolute atomic E-state index is 12.6. The van der Waals surface area contributed by atoms with E-state index in [1.54, 1.807) is 18.2 Å². The minimum absolute atomic E-state index is 0.122. The quantitative estimate of drug-likeness (QED) is 0.723. The first-order chi connectivity index (χ1) is 10.4. The maximum atomic E-state index is 12.6. The van der Waals surface area contributed by atoms with Crippen LogP contribution in [0.2, 0.25) is 0 Å². The predicted octanol–water partition coefficient (Wildman–Crippen LogP) is 0.629. The van der Waals surface area contributed by atoms with Gasteiger partial charge in [-0.05, 0) is 36.9 Å². The highest BCUT2D eigenvalue weighted by Gasteiger charge is 2.25. The van der Waals surface area contributed by atoms with Crippen molar-refractivity contribution < 1.29 is 13.2 Å². The Morgan fingerprint density at radius 3 is 2.41 bits per heavy atom. The smallest absolute Gasteiger partial charge is 0.241 e. The minimum atomic E-state index is -3.88. The molecule has 1 unspecified atom stereocenters. The maximum Gasteiger partial charge on any atom is 0.241 e. The van der Waals surface area contributed by atoms with Crippen molar-refractivity contribution in [1.82, 2.24) is 4.72 Å². The first-order valence-corrected chi connectivity index (χ1v) is 8.35. The van der Waals surface area contributed by atoms with E-state index >= 15 is 0 Å². The van der Waals surface area contributed by atoms with E-state index in [1.807, 2.05) is 19.1 Å². The topological polar surface area (TPSA) is 115 Å². The number of fused-ring (bicyclic) bond motifs is 1. The predicted molar refractivity (Wildman–Crippen MR) is 85.7 cm³/mol. The molecule has 2 aromatic carbocycles. The van der Waals surface area contributed by atoms with Crippen LogP contribution in [0.15, 0.2) is 41.3 Å². The summed E-state index contributed by atoms with van der Waals surface area (Å²) in [6.07, 6.45) is 0.151. The number of primary amides is 1. The van der Waals surface area contributed by atoms with E-state index in [2.05, 4.69) is 4.72 Å². The highest BCUT2D eigenvalue weighted by Crippen LogP contribution is 2.25. The molecule has 0 aliphatic heterocycles. The summed E-state index contributed by atoms with van der Waals surface area (Å²) in [5.41, 5.74) is 11.6. The molecule has 118 valence electrons. The van der Waals surface area contributed by atoms with E-state index < -0.39 is 22.0 Å². The lowest BCUT2D eigenvalue weighted by molar-refractivity contribution is -0.119. The van der Waals surface area contributed by atoms with Gasteiger partial charge in [-0.2, -0.15) is 4.72 Å². The monoisotopic (exact) mass is 321 g/mol. The summed E-state index contributed by atoms with van der Waals surface area (Å²) in [5.74, 6) is -0.745. The van der Waals surface area contributed by atoms with Gasteiger partial charge in [0, 0.05) is 5.39 Å². The van der Waals surface area contributed by atoms with Gasteiger partial charge in [0.15, 0.2) is 0 Å². The fourth-order valence-corrected chi connectivity index (χ4v) is 3.78. The Balaban J connectivity index is 2.50. The number of carbonyl (C=O) groups excluding carboxylic acids is 1. The fraction of sp³-hybridized carbons (Fsp3) is 0.267. The van der Waals surface area contributed by atoms with Crippen LogP contribution in [0, 0.1) is 6.92 Å². The van der Waals surface area contributed by atoms with Crippen LogP contribution in [0.4, 0.5) is 0 Å². The number of aryl methyl sites for hydroxylation is 1. The zero-order valence-electron chi connectivity index (χ0n) is 12.2. The van der Waals surface area contributed by atoms with Gasteiger partial charge in [0.25, 0.3) is 0 Å². The van der Waals surface area contributed by atoms with Gasteiger partial charge in [-0.25, -0.2) is 8.42 Å². The molecule has 0 saturated heterocycles. The number of rotatable bonds is 6. The summed E-state index contributed by atoms with van der Waals surface area (Å²) in [6, 6.07) is 9.45. The Kier molecular flexibility index (Phi) is 4.80. The number of nitrogens with two attached hydrogens (primary N) is 2. The second-order valence-electron chi connectivity index (χ2n) is 5.08. The Morgan fingerprint density at radius 1 is 1.18 bits per heavy atom. The van der Waals surface area contributed by atoms with Crippen LogP contribution in [-0.2, 0) is 14.8 Å². The van der Waals surface area contributed by atoms with Crippen LogP contribution in [0.25, 0.3) is 10.8 Å². The third kappa shape index (κ3) is 3.27. The van der Waals surface area contributed by atoms with Crippen LogP contribution in [0.3, 0.4) is 0 Å². The van der Waals surface area contributed by atoms with Crippen molar-refractivity contribution in [3.63, 3.8) is 0 Å². The number of hydrogen-bond acceptors (Lipinski definition) is 4. The number of hydrogen-bond donors (Lipinski definition) is 3. The lowest BCUT2D eigenvalue weighted by Crippen LogP contribution is -2.45. The van der Waals surface area contributed by atoms with Crippen LogP contribution in [0.1, 0.15) is 12.0 Å². The molecule has 0 aliphatic carbocycles. The van der Waals surface area contributed by atoms with E-state index in [0.29, 0.717) is 5.39 Å². The molecule has 22 heavy (non-hydrogen) atoms. The molecule has 1 amide bonds. The molecule has 0 radical (unpaired) electrons. The summed E-state index contributed by atoms with van der Waals surface area (Å²) in [4.78, 5) is 11.5. The van der Waals surface area contributed by atoms with Crippen molar-refractivity contribution in [1.29, 1.82) is 0 Å². The molecule has 0 aromatic heterocycles. The van der Waals surface area contributed by atoms with Gasteiger partial charge >= 0.3 is 0 Å². The van der Waals surface area contributed by atoms with Gasteiger partial charge in [0.05, 0.1) is 4.90 Å². The molecule has 0 bridgehead atoms. The zero-order chi connectivity index (χ0) is 16.3. The number of amides is 1. The normalized spacial score (nSPS) is 13.2. The highest BCUT2D eigenvalue weighted by molar-refractivity contribution is 7.89. The molecule has 0 aliphatic rings. The molecule has 1 atom stereocenters. The first kappa shape index (κ1) is 16.4. The lowest BCUT2D eigenvalue weighted by Gasteiger charge is -2.16. The largest absolute Gasteiger partial charge is 0.368 e. The first-order valence-electron chi connectivity index (χ1n) is 6.87. The van der Waals surface area contributed by atoms with Crippen LogP contribution in [-0.4, -0.2) is 26.9 Å². The highest BCUT2D eigenvalue weighted by atomic mass is 32.2. The molecule has 7 heteroatoms. The molecule has 0 spiro atoms. The van der Waals surface area contributed by atoms with Crippen LogP contribution in [0.5, 0.6) is 0 Å². The van der Waals surface area contributed by atoms with Crippen LogP contribution < -0.4 is 16.2 Å². The number of benzene rings is 2. The lowest BCUT2D eigenvalue weighted by atomic mass is 10.1. The van der Waals surface area contributed by atoms with Crippen molar-refractivity contribution in [2.45, 2.75) is 24.3 Å². The number of nitrogens with one attached hydrogen (secondary N) is 1. The standard InChI is InChI=1S/C15H19N3O3S/c1-10-6-7-14(12-5-3-2-4-11(10)12)22(20,21)18-13(8-9-16)15(17)19/h2-7,13,18H,8-9,16H2,1H3,(H2,17,19). The van der Waals surface area contributed by atoms with Crippen molar-refractivity contribution in [2.75, 3.05) is 6.54 Å². The van der Waals surface area contributed by atoms with Crippen molar-refractivity contribution in [3.8, 4) is 0 Å². The second kappa shape index (κ2) is 6.43. The van der Waals surface area contributed by atoms with E-state index in [1.165, 1.54) is 6.07 Å². The third-order valence-corrected chi connectivity index (χ3v) is 5.02. The summed E-state index contributed by atoms with van der Waals surface area (Å²) in [7, 11) is -3.88. The zero-order valence-corrected chi connectivity index (χ0v) is 13.1. The van der Waals surface area contributed by atoms with Gasteiger partial charge in [-0.1, -0.05) is 30.3 Å². The van der Waals surface area contributed by atoms with Crippen molar-refractivity contribution >= 4 is 26.7 Å². The average Bonchev–Trinajstić information content (AvgIpc) is 2.47. The SMILES string of the molecule is Cc1ccc(S(=O)(=O)NC(CCN)C(N)=O)c2ccccc12. The average molecular weight is 321 g/mol. The summed E-state index contributed by atoms with van der Waals surface area (Å²) < 4.78 is 27.5. The summed E-state index contributed by atoms with van der Waals surface area (Å²) in [6.45, 7) is 2.07. The number of carbonyl (C=O) groups is 1. The molecular weight excluding hydrogens is 302 g/mol. The van der Waals surface area contributed by atoms with Gasteiger partial charge in [-0.3, -0.25) is 4.79 Å². The van der Waals surface area contributed by atoms with Gasteiger partial charge in [0.1, 0.15) is 6.04 Å². The Bertz CT molecular complexity index is 803. The van der Waals surface area contributed by atoms with Gasteiger partial charge in [0.2, 0.25) is 15.9 Å². The van der Waals surface area contributed by atoms with Crippen molar-refractivity contribution in [2.24, 2.45) is 11.5 Å².